The van der Waals surface area contributed by atoms with Crippen LogP contribution in [0.1, 0.15) is 25.5 Å². The van der Waals surface area contributed by atoms with E-state index >= 15 is 0 Å². The molecule has 0 fully saturated rings. The zero-order valence-electron chi connectivity index (χ0n) is 23.7. The van der Waals surface area contributed by atoms with Crippen LogP contribution in [-0.2, 0) is 19.1 Å². The normalized spacial score (nSPS) is 14.1. The molecule has 0 saturated heterocycles. The van der Waals surface area contributed by atoms with Gasteiger partial charge in [-0.3, -0.25) is 18.6 Å². The van der Waals surface area contributed by atoms with E-state index in [1.165, 1.54) is 0 Å². The van der Waals surface area contributed by atoms with Gasteiger partial charge in [0, 0.05) is 11.1 Å². The van der Waals surface area contributed by atoms with Crippen molar-refractivity contribution in [1.29, 1.82) is 0 Å². The van der Waals surface area contributed by atoms with E-state index in [9.17, 15) is 14.5 Å². The summed E-state index contributed by atoms with van der Waals surface area (Å²) in [6.45, 7) is 3.38. The first-order chi connectivity index (χ1) is 20.9. The summed E-state index contributed by atoms with van der Waals surface area (Å²) in [5, 5.41) is 6.69. The molecular weight excluding hydrogens is 565 g/mol. The molecule has 0 aliphatic carbocycles. The van der Waals surface area contributed by atoms with E-state index in [0.29, 0.717) is 17.1 Å². The van der Waals surface area contributed by atoms with Crippen LogP contribution >= 0.6 is 8.09 Å². The smallest absolute Gasteiger partial charge is 0.409 e. The van der Waals surface area contributed by atoms with Crippen molar-refractivity contribution in [3.05, 3.63) is 109 Å². The number of benzene rings is 5. The number of esters is 2. The Bertz CT molecular complexity index is 1700. The van der Waals surface area contributed by atoms with E-state index in [0.717, 1.165) is 32.7 Å². The minimum atomic E-state index is -4.34. The van der Waals surface area contributed by atoms with Crippen LogP contribution in [0.15, 0.2) is 103 Å². The average molecular weight is 596 g/mol. The summed E-state index contributed by atoms with van der Waals surface area (Å²) < 4.78 is 23.1. The quantitative estimate of drug-likeness (QED) is 0.122. The molecule has 0 saturated carbocycles. The summed E-state index contributed by atoms with van der Waals surface area (Å²) in [6, 6.07) is 30.6. The lowest BCUT2D eigenvalue weighted by Crippen LogP contribution is -2.44. The summed E-state index contributed by atoms with van der Waals surface area (Å²) in [5.41, 5.74) is 1.96. The van der Waals surface area contributed by atoms with Gasteiger partial charge in [0.2, 0.25) is 0 Å². The summed E-state index contributed by atoms with van der Waals surface area (Å²) in [7, 11) is -4.34. The molecule has 9 heteroatoms. The van der Waals surface area contributed by atoms with Crippen molar-refractivity contribution in [2.45, 2.75) is 19.9 Å². The summed E-state index contributed by atoms with van der Waals surface area (Å²) >= 11 is 0. The van der Waals surface area contributed by atoms with Crippen LogP contribution in [-0.4, -0.2) is 25.2 Å². The first kappa shape index (κ1) is 28.6. The molecule has 6 rings (SSSR count). The molecule has 0 unspecified atom stereocenters. The van der Waals surface area contributed by atoms with Gasteiger partial charge >= 0.3 is 20.0 Å². The highest BCUT2D eigenvalue weighted by Gasteiger charge is 2.48. The lowest BCUT2D eigenvalue weighted by Gasteiger charge is -2.32. The lowest BCUT2D eigenvalue weighted by atomic mass is 9.92. The van der Waals surface area contributed by atoms with Gasteiger partial charge in [0.15, 0.2) is 17.4 Å². The highest BCUT2D eigenvalue weighted by Crippen LogP contribution is 2.60. The molecule has 0 spiro atoms. The molecule has 0 bridgehead atoms. The van der Waals surface area contributed by atoms with Crippen molar-refractivity contribution in [2.24, 2.45) is 5.92 Å². The van der Waals surface area contributed by atoms with E-state index in [1.807, 2.05) is 60.7 Å². The van der Waals surface area contributed by atoms with Crippen molar-refractivity contribution in [1.82, 2.24) is 5.09 Å². The number of rotatable bonds is 8. The number of nitrogens with one attached hydrogen (secondary N) is 1. The molecule has 218 valence electrons. The second kappa shape index (κ2) is 12.0. The average Bonchev–Trinajstić information content (AvgIpc) is 3.15. The molecule has 0 amide bonds. The van der Waals surface area contributed by atoms with Crippen LogP contribution in [0.4, 0.5) is 0 Å². The third kappa shape index (κ3) is 5.53. The number of hydrogen-bond acceptors (Lipinski definition) is 8. The number of carbonyl (C=O) groups excluding carboxylic acids is 2. The van der Waals surface area contributed by atoms with Gasteiger partial charge in [0.1, 0.15) is 0 Å². The molecule has 0 aromatic heterocycles. The molecule has 5 aromatic carbocycles. The fourth-order valence-electron chi connectivity index (χ4n) is 5.51. The minimum Gasteiger partial charge on any atom is -0.601 e. The van der Waals surface area contributed by atoms with Crippen molar-refractivity contribution in [3.8, 4) is 22.6 Å². The fraction of sp³-hybridized carbons (Fsp3) is 0.176. The van der Waals surface area contributed by atoms with Gasteiger partial charge in [-0.2, -0.15) is 0 Å². The van der Waals surface area contributed by atoms with E-state index in [4.69, 9.17) is 18.5 Å². The summed E-state index contributed by atoms with van der Waals surface area (Å²) in [4.78, 5) is 41.3. The summed E-state index contributed by atoms with van der Waals surface area (Å²) in [6.07, 6.45) is 0. The maximum atomic E-state index is 14.8. The first-order valence-corrected chi connectivity index (χ1v) is 15.7. The van der Waals surface area contributed by atoms with Crippen LogP contribution < -0.4 is 19.0 Å². The number of fused-ring (bicyclic) bond motifs is 7. The molecule has 5 aromatic rings. The van der Waals surface area contributed by atoms with Gasteiger partial charge in [0.25, 0.3) is 0 Å². The molecule has 0 radical (unpaired) electrons. The monoisotopic (exact) mass is 595 g/mol. The van der Waals surface area contributed by atoms with Gasteiger partial charge in [0.05, 0.1) is 19.3 Å². The maximum Gasteiger partial charge on any atom is 0.409 e. The molecular formula is C34H30NO7P. The van der Waals surface area contributed by atoms with E-state index in [1.54, 1.807) is 56.3 Å². The van der Waals surface area contributed by atoms with E-state index < -0.39 is 32.0 Å². The number of carbonyl (C=O) groups is 2. The van der Waals surface area contributed by atoms with Gasteiger partial charge in [-0.25, -0.2) is 0 Å². The van der Waals surface area contributed by atoms with Crippen molar-refractivity contribution >= 4 is 41.6 Å². The van der Waals surface area contributed by atoms with Gasteiger partial charge in [-0.15, -0.1) is 5.09 Å². The number of ether oxygens (including phenoxy) is 2. The minimum absolute atomic E-state index is 0.0435. The van der Waals surface area contributed by atoms with Crippen molar-refractivity contribution < 1.29 is 33.0 Å². The fourth-order valence-corrected chi connectivity index (χ4v) is 7.11. The van der Waals surface area contributed by atoms with Crippen LogP contribution in [0.5, 0.6) is 11.5 Å². The summed E-state index contributed by atoms with van der Waals surface area (Å²) in [5.74, 6) is -2.46. The standard InChI is InChI=1S/C34H30NO7P/c1-3-39-33(36)31(34(37)40-4-2)32(24-14-6-5-7-15-24)35-43(38)41-27-20-18-22-12-8-10-16-25(22)29(27)30-26-17-11-9-13-23(26)19-21-28(30)42-43/h5-21,31-32H,3-4H2,1-2H3,(H,35,38)/t32-/m0/s1. The number of hydrogen-bond donors (Lipinski definition) is 1. The Hall–Kier alpha value is -4.49. The Morgan fingerprint density at radius 3 is 1.65 bits per heavy atom. The second-order valence-electron chi connectivity index (χ2n) is 10.00. The molecule has 8 nitrogen and oxygen atoms in total. The van der Waals surface area contributed by atoms with Crippen LogP contribution in [0, 0.1) is 5.92 Å². The molecule has 1 aliphatic heterocycles. The third-order valence-electron chi connectivity index (χ3n) is 7.34. The third-order valence-corrected chi connectivity index (χ3v) is 8.81. The molecule has 1 atom stereocenters. The Balaban J connectivity index is 1.54. The van der Waals surface area contributed by atoms with Crippen molar-refractivity contribution in [2.75, 3.05) is 13.2 Å². The highest BCUT2D eigenvalue weighted by atomic mass is 31.2. The zero-order chi connectivity index (χ0) is 30.0. The zero-order valence-corrected chi connectivity index (χ0v) is 24.6. The van der Waals surface area contributed by atoms with Gasteiger partial charge < -0.3 is 14.4 Å². The molecule has 1 N–H and O–H groups in total. The predicted octanol–water partition coefficient (Wildman–Crippen LogP) is 6.54. The van der Waals surface area contributed by atoms with Gasteiger partial charge in [-0.05, 0) is 53.1 Å². The largest absolute Gasteiger partial charge is 0.601 e. The topological polar surface area (TPSA) is 106 Å². The van der Waals surface area contributed by atoms with E-state index in [-0.39, 0.29) is 13.2 Å². The molecule has 1 heterocycles. The van der Waals surface area contributed by atoms with E-state index in [2.05, 4.69) is 5.09 Å². The predicted molar refractivity (Wildman–Crippen MR) is 164 cm³/mol. The maximum absolute atomic E-state index is 14.8. The van der Waals surface area contributed by atoms with Crippen molar-refractivity contribution in [3.63, 3.8) is 0 Å². The van der Waals surface area contributed by atoms with Crippen LogP contribution in [0.2, 0.25) is 0 Å². The van der Waals surface area contributed by atoms with Gasteiger partial charge in [-0.1, -0.05) is 91.0 Å². The highest BCUT2D eigenvalue weighted by molar-refractivity contribution is 7.57. The first-order valence-electron chi connectivity index (χ1n) is 14.1. The lowest BCUT2D eigenvalue weighted by molar-refractivity contribution is -0.207. The Morgan fingerprint density at radius 2 is 1.16 bits per heavy atom. The molecule has 43 heavy (non-hydrogen) atoms. The Labute approximate surface area is 249 Å². The SMILES string of the molecule is CCOC(=O)C(C(=O)OCC)[C@@H](N[P+]1([O-])Oc2ccc3ccccc3c2-c2c(ccc3ccccc23)O1)c1ccccc1. The second-order valence-corrected chi connectivity index (χ2v) is 11.6. The van der Waals surface area contributed by atoms with Crippen LogP contribution in [0.25, 0.3) is 32.7 Å². The Morgan fingerprint density at radius 1 is 0.698 bits per heavy atom. The van der Waals surface area contributed by atoms with Crippen LogP contribution in [0.3, 0.4) is 0 Å². The molecule has 1 aliphatic rings. The Kier molecular flexibility index (Phi) is 8.00.